The quantitative estimate of drug-likeness (QED) is 0.462. The molecule has 2 aromatic heterocycles. The van der Waals surface area contributed by atoms with E-state index in [2.05, 4.69) is 38.8 Å². The number of carbonyl (C=O) groups excluding carboxylic acids is 2. The maximum atomic E-state index is 12.1. The molecule has 0 fully saturated rings. The van der Waals surface area contributed by atoms with Crippen LogP contribution in [0.2, 0.25) is 0 Å². The molecule has 0 aliphatic rings. The molecule has 8 heteroatoms. The molecule has 2 N–H and O–H groups in total. The van der Waals surface area contributed by atoms with Gasteiger partial charge in [0, 0.05) is 16.3 Å². The Morgan fingerprint density at radius 2 is 1.96 bits per heavy atom. The number of amides is 3. The number of rotatable bonds is 6. The summed E-state index contributed by atoms with van der Waals surface area (Å²) in [4.78, 5) is 34.9. The highest BCUT2D eigenvalue weighted by atomic mass is 32.2. The van der Waals surface area contributed by atoms with E-state index >= 15 is 0 Å². The van der Waals surface area contributed by atoms with Crippen LogP contribution in [0.3, 0.4) is 0 Å². The van der Waals surface area contributed by atoms with Crippen LogP contribution in [-0.2, 0) is 4.79 Å². The van der Waals surface area contributed by atoms with Gasteiger partial charge in [-0.1, -0.05) is 49.0 Å². The Morgan fingerprint density at radius 1 is 1.21 bits per heavy atom. The van der Waals surface area contributed by atoms with Crippen molar-refractivity contribution in [1.82, 2.24) is 20.6 Å². The maximum Gasteiger partial charge on any atom is 0.321 e. The van der Waals surface area contributed by atoms with E-state index in [9.17, 15) is 9.59 Å². The summed E-state index contributed by atoms with van der Waals surface area (Å²) in [7, 11) is 0. The lowest BCUT2D eigenvalue weighted by Crippen LogP contribution is -2.43. The number of urea groups is 1. The second-order valence-electron chi connectivity index (χ2n) is 6.39. The Morgan fingerprint density at radius 3 is 2.68 bits per heavy atom. The zero-order valence-electron chi connectivity index (χ0n) is 16.0. The summed E-state index contributed by atoms with van der Waals surface area (Å²) in [5, 5.41) is 6.75. The molecule has 6 nitrogen and oxygen atoms in total. The second-order valence-corrected chi connectivity index (χ2v) is 8.39. The van der Waals surface area contributed by atoms with Gasteiger partial charge in [-0.25, -0.2) is 14.8 Å². The van der Waals surface area contributed by atoms with Crippen LogP contribution in [0.5, 0.6) is 0 Å². The summed E-state index contributed by atoms with van der Waals surface area (Å²) in [6, 6.07) is 11.7. The van der Waals surface area contributed by atoms with Crippen molar-refractivity contribution in [2.75, 3.05) is 5.75 Å². The molecule has 1 atom stereocenters. The molecule has 28 heavy (non-hydrogen) atoms. The van der Waals surface area contributed by atoms with Crippen LogP contribution >= 0.6 is 23.1 Å². The zero-order valence-corrected chi connectivity index (χ0v) is 17.6. The number of fused-ring (bicyclic) bond motifs is 1. The van der Waals surface area contributed by atoms with Crippen LogP contribution in [0.4, 0.5) is 4.79 Å². The molecule has 3 amide bonds. The maximum absolute atomic E-state index is 12.1. The number of aromatic nitrogens is 2. The topological polar surface area (TPSA) is 84.0 Å². The smallest absolute Gasteiger partial charge is 0.321 e. The summed E-state index contributed by atoms with van der Waals surface area (Å²) < 4.78 is 0. The average molecular weight is 415 g/mol. The van der Waals surface area contributed by atoms with Crippen molar-refractivity contribution < 1.29 is 9.59 Å². The molecule has 0 radical (unpaired) electrons. The molecule has 0 spiro atoms. The number of nitrogens with one attached hydrogen (secondary N) is 2. The van der Waals surface area contributed by atoms with Gasteiger partial charge in [0.15, 0.2) is 0 Å². The first kappa shape index (κ1) is 20.3. The van der Waals surface area contributed by atoms with E-state index in [1.54, 1.807) is 11.3 Å². The van der Waals surface area contributed by atoms with Crippen molar-refractivity contribution in [2.45, 2.75) is 38.3 Å². The van der Waals surface area contributed by atoms with E-state index in [4.69, 9.17) is 0 Å². The minimum absolute atomic E-state index is 0.0202. The van der Waals surface area contributed by atoms with Crippen LogP contribution in [0.15, 0.2) is 41.4 Å². The molecule has 0 bridgehead atoms. The van der Waals surface area contributed by atoms with Crippen molar-refractivity contribution in [3.8, 4) is 10.4 Å². The monoisotopic (exact) mass is 414 g/mol. The number of nitrogens with zero attached hydrogens (tertiary/aromatic N) is 2. The number of carbonyl (C=O) groups is 2. The number of thiophene rings is 1. The van der Waals surface area contributed by atoms with Crippen LogP contribution < -0.4 is 10.6 Å². The molecule has 0 aliphatic heterocycles. The number of imide groups is 1. The first-order valence-corrected chi connectivity index (χ1v) is 10.8. The minimum Gasteiger partial charge on any atom is -0.335 e. The molecule has 0 saturated heterocycles. The fourth-order valence-electron chi connectivity index (χ4n) is 2.51. The average Bonchev–Trinajstić information content (AvgIpc) is 3.10. The van der Waals surface area contributed by atoms with E-state index in [1.807, 2.05) is 39.0 Å². The molecule has 2 heterocycles. The van der Waals surface area contributed by atoms with Gasteiger partial charge in [-0.15, -0.1) is 11.3 Å². The number of hydrogen-bond donors (Lipinski definition) is 2. The highest BCUT2D eigenvalue weighted by Gasteiger charge is 2.15. The molecule has 3 aromatic rings. The van der Waals surface area contributed by atoms with Crippen LogP contribution in [-0.4, -0.2) is 33.7 Å². The first-order valence-electron chi connectivity index (χ1n) is 9.03. The molecular weight excluding hydrogens is 392 g/mol. The summed E-state index contributed by atoms with van der Waals surface area (Å²) >= 11 is 2.91. The molecule has 0 saturated carbocycles. The van der Waals surface area contributed by atoms with Gasteiger partial charge in [0.25, 0.3) is 0 Å². The van der Waals surface area contributed by atoms with Crippen molar-refractivity contribution in [2.24, 2.45) is 0 Å². The predicted molar refractivity (Wildman–Crippen MR) is 115 cm³/mol. The highest BCUT2D eigenvalue weighted by molar-refractivity contribution is 8.00. The summed E-state index contributed by atoms with van der Waals surface area (Å²) in [6.07, 6.45) is 0.802. The lowest BCUT2D eigenvalue weighted by molar-refractivity contribution is -0.117. The number of aryl methyl sites for hydroxylation is 1. The van der Waals surface area contributed by atoms with Crippen LogP contribution in [0.1, 0.15) is 26.1 Å². The summed E-state index contributed by atoms with van der Waals surface area (Å²) in [5.41, 5.74) is 1.12. The van der Waals surface area contributed by atoms with Gasteiger partial charge in [0.1, 0.15) is 15.7 Å². The third kappa shape index (κ3) is 5.08. The molecule has 3 rings (SSSR count). The van der Waals surface area contributed by atoms with Gasteiger partial charge in [0.05, 0.1) is 5.75 Å². The number of benzene rings is 1. The largest absolute Gasteiger partial charge is 0.335 e. The molecule has 1 aromatic carbocycles. The van der Waals surface area contributed by atoms with E-state index in [0.29, 0.717) is 5.82 Å². The SMILES string of the molecule is CC[C@@H](C)NC(=O)NC(=O)CSc1nc(C)nc2sc(-c3ccccc3)cc12. The fraction of sp³-hybridized carbons (Fsp3) is 0.300. The van der Waals surface area contributed by atoms with Crippen molar-refractivity contribution in [1.29, 1.82) is 0 Å². The Bertz CT molecular complexity index is 989. The van der Waals surface area contributed by atoms with E-state index in [1.165, 1.54) is 11.8 Å². The second kappa shape index (κ2) is 9.16. The Balaban J connectivity index is 1.73. The minimum atomic E-state index is -0.467. The van der Waals surface area contributed by atoms with Gasteiger partial charge in [-0.3, -0.25) is 10.1 Å². The first-order chi connectivity index (χ1) is 13.5. The van der Waals surface area contributed by atoms with Gasteiger partial charge in [-0.05, 0) is 31.9 Å². The van der Waals surface area contributed by atoms with Crippen molar-refractivity contribution in [3.63, 3.8) is 0 Å². The summed E-state index contributed by atoms with van der Waals surface area (Å²) in [5.74, 6) is 0.413. The van der Waals surface area contributed by atoms with Crippen LogP contribution in [0, 0.1) is 6.92 Å². The van der Waals surface area contributed by atoms with Crippen molar-refractivity contribution in [3.05, 3.63) is 42.2 Å². The molecule has 0 aliphatic carbocycles. The lowest BCUT2D eigenvalue weighted by atomic mass is 10.2. The Hall–Kier alpha value is -2.45. The third-order valence-electron chi connectivity index (χ3n) is 4.11. The van der Waals surface area contributed by atoms with Crippen LogP contribution in [0.25, 0.3) is 20.7 Å². The van der Waals surface area contributed by atoms with Crippen molar-refractivity contribution >= 4 is 45.3 Å². The fourth-order valence-corrected chi connectivity index (χ4v) is 4.50. The van der Waals surface area contributed by atoms with E-state index in [-0.39, 0.29) is 17.7 Å². The van der Waals surface area contributed by atoms with Gasteiger partial charge >= 0.3 is 6.03 Å². The standard InChI is InChI=1S/C20H22N4O2S2/c1-4-12(2)21-20(26)24-17(25)11-27-18-15-10-16(14-8-6-5-7-9-14)28-19(15)23-13(3)22-18/h5-10,12H,4,11H2,1-3H3,(H2,21,24,25,26)/t12-/m1/s1. The molecule has 146 valence electrons. The van der Waals surface area contributed by atoms with Gasteiger partial charge in [0.2, 0.25) is 5.91 Å². The highest BCUT2D eigenvalue weighted by Crippen LogP contribution is 2.36. The normalized spacial score (nSPS) is 12.0. The molecule has 0 unspecified atom stereocenters. The number of thioether (sulfide) groups is 1. The molecular formula is C20H22N4O2S2. The lowest BCUT2D eigenvalue weighted by Gasteiger charge is -2.11. The summed E-state index contributed by atoms with van der Waals surface area (Å²) in [6.45, 7) is 5.70. The van der Waals surface area contributed by atoms with Gasteiger partial charge < -0.3 is 5.32 Å². The van der Waals surface area contributed by atoms with E-state index < -0.39 is 6.03 Å². The Labute approximate surface area is 172 Å². The third-order valence-corrected chi connectivity index (χ3v) is 6.18. The number of hydrogen-bond acceptors (Lipinski definition) is 6. The predicted octanol–water partition coefficient (Wildman–Crippen LogP) is 4.38. The Kier molecular flexibility index (Phi) is 6.64. The van der Waals surface area contributed by atoms with Gasteiger partial charge in [-0.2, -0.15) is 0 Å². The zero-order chi connectivity index (χ0) is 20.1. The van der Waals surface area contributed by atoms with E-state index in [0.717, 1.165) is 32.1 Å².